The lowest BCUT2D eigenvalue weighted by atomic mass is 9.69. The molecule has 0 spiro atoms. The van der Waals surface area contributed by atoms with Crippen LogP contribution in [0, 0.1) is 11.2 Å². The molecule has 0 aromatic carbocycles. The first-order valence-electron chi connectivity index (χ1n) is 5.93. The molecule has 0 bridgehead atoms. The molecule has 2 rings (SSSR count). The number of nitrogen functional groups attached to an aromatic ring is 1. The van der Waals surface area contributed by atoms with Crippen LogP contribution in [-0.2, 0) is 9.31 Å². The predicted octanol–water partition coefficient (Wildman–Crippen LogP) is 1.35. The van der Waals surface area contributed by atoms with Gasteiger partial charge >= 0.3 is 7.12 Å². The molecule has 0 aliphatic carbocycles. The van der Waals surface area contributed by atoms with Crippen LogP contribution in [0.5, 0.6) is 0 Å². The van der Waals surface area contributed by atoms with Crippen molar-refractivity contribution in [3.05, 3.63) is 18.1 Å². The summed E-state index contributed by atoms with van der Waals surface area (Å²) in [6.45, 7) is 8.56. The molecule has 2 heterocycles. The van der Waals surface area contributed by atoms with Gasteiger partial charge in [0, 0.05) is 29.7 Å². The molecular weight excluding hydrogens is 234 g/mol. The van der Waals surface area contributed by atoms with E-state index < -0.39 is 18.5 Å². The van der Waals surface area contributed by atoms with Gasteiger partial charge in [0.05, 0.1) is 5.60 Å². The van der Waals surface area contributed by atoms with Crippen molar-refractivity contribution in [2.24, 2.45) is 5.41 Å². The van der Waals surface area contributed by atoms with E-state index in [1.54, 1.807) is 0 Å². The summed E-state index contributed by atoms with van der Waals surface area (Å²) in [4.78, 5) is 3.88. The third-order valence-corrected chi connectivity index (χ3v) is 3.78. The Morgan fingerprint density at radius 1 is 1.39 bits per heavy atom. The second-order valence-electron chi connectivity index (χ2n) is 5.79. The normalized spacial score (nSPS) is 21.9. The summed E-state index contributed by atoms with van der Waals surface area (Å²) in [6.07, 6.45) is 1.36. The molecule has 4 nitrogen and oxygen atoms in total. The smallest absolute Gasteiger partial charge is 0.407 e. The first kappa shape index (κ1) is 13.3. The zero-order valence-corrected chi connectivity index (χ0v) is 11.2. The van der Waals surface area contributed by atoms with E-state index >= 15 is 0 Å². The summed E-state index contributed by atoms with van der Waals surface area (Å²) in [5, 5.41) is 0. The number of hydrogen-bond donors (Lipinski definition) is 1. The van der Waals surface area contributed by atoms with Crippen molar-refractivity contribution < 1.29 is 13.7 Å². The third-order valence-electron chi connectivity index (χ3n) is 3.78. The lowest BCUT2D eigenvalue weighted by molar-refractivity contribution is -0.0938. The van der Waals surface area contributed by atoms with Gasteiger partial charge in [0.2, 0.25) is 0 Å². The number of rotatable bonds is 1. The van der Waals surface area contributed by atoms with Crippen LogP contribution in [0.4, 0.5) is 10.2 Å². The van der Waals surface area contributed by atoms with E-state index in [1.165, 1.54) is 12.3 Å². The van der Waals surface area contributed by atoms with E-state index in [0.717, 1.165) is 0 Å². The number of hydrogen-bond acceptors (Lipinski definition) is 4. The monoisotopic (exact) mass is 252 g/mol. The van der Waals surface area contributed by atoms with Crippen LogP contribution in [0.3, 0.4) is 0 Å². The first-order chi connectivity index (χ1) is 8.23. The zero-order valence-electron chi connectivity index (χ0n) is 11.2. The molecule has 0 saturated carbocycles. The molecule has 1 saturated heterocycles. The highest BCUT2D eigenvalue weighted by molar-refractivity contribution is 6.61. The Bertz CT molecular complexity index is 465. The Morgan fingerprint density at radius 2 is 2.06 bits per heavy atom. The van der Waals surface area contributed by atoms with Crippen LogP contribution >= 0.6 is 0 Å². The van der Waals surface area contributed by atoms with Gasteiger partial charge in [-0.3, -0.25) is 0 Å². The number of nitrogens with zero attached hydrogens (tertiary/aromatic N) is 1. The molecule has 1 aliphatic rings. The lowest BCUT2D eigenvalue weighted by Crippen LogP contribution is -2.58. The zero-order chi connectivity index (χ0) is 13.6. The van der Waals surface area contributed by atoms with Gasteiger partial charge < -0.3 is 15.0 Å². The summed E-state index contributed by atoms with van der Waals surface area (Å²) >= 11 is 0. The summed E-state index contributed by atoms with van der Waals surface area (Å²) in [5.41, 5.74) is 5.16. The molecule has 0 atom stereocenters. The predicted molar refractivity (Wildman–Crippen MR) is 68.9 cm³/mol. The second kappa shape index (κ2) is 4.21. The Hall–Kier alpha value is -1.14. The van der Waals surface area contributed by atoms with E-state index in [-0.39, 0.29) is 16.7 Å². The highest BCUT2D eigenvalue weighted by atomic mass is 19.1. The fraction of sp³-hybridized carbons (Fsp3) is 0.583. The second-order valence-corrected chi connectivity index (χ2v) is 5.79. The van der Waals surface area contributed by atoms with Gasteiger partial charge in [-0.05, 0) is 13.8 Å². The van der Waals surface area contributed by atoms with Gasteiger partial charge in [-0.15, -0.1) is 0 Å². The molecule has 0 amide bonds. The molecular formula is C12H18BFN2O2. The molecule has 0 radical (unpaired) electrons. The molecule has 1 aromatic heterocycles. The van der Waals surface area contributed by atoms with Gasteiger partial charge in [0.1, 0.15) is 11.6 Å². The van der Waals surface area contributed by atoms with Crippen molar-refractivity contribution in [2.75, 3.05) is 12.3 Å². The van der Waals surface area contributed by atoms with Gasteiger partial charge in [-0.1, -0.05) is 13.8 Å². The molecule has 0 unspecified atom stereocenters. The first-order valence-corrected chi connectivity index (χ1v) is 5.93. The van der Waals surface area contributed by atoms with Crippen LogP contribution < -0.4 is 11.2 Å². The van der Waals surface area contributed by atoms with Crippen LogP contribution in [0.1, 0.15) is 27.7 Å². The molecule has 1 fully saturated rings. The van der Waals surface area contributed by atoms with Crippen molar-refractivity contribution in [3.8, 4) is 0 Å². The van der Waals surface area contributed by atoms with E-state index in [4.69, 9.17) is 15.0 Å². The fourth-order valence-corrected chi connectivity index (χ4v) is 1.70. The Labute approximate surface area is 107 Å². The van der Waals surface area contributed by atoms with Gasteiger partial charge in [-0.2, -0.15) is 0 Å². The maximum absolute atomic E-state index is 13.8. The highest BCUT2D eigenvalue weighted by Crippen LogP contribution is 2.38. The van der Waals surface area contributed by atoms with Crippen molar-refractivity contribution >= 4 is 18.4 Å². The highest BCUT2D eigenvalue weighted by Gasteiger charge is 2.47. The molecule has 6 heteroatoms. The third kappa shape index (κ3) is 2.22. The number of anilines is 1. The average Bonchev–Trinajstić information content (AvgIpc) is 2.22. The van der Waals surface area contributed by atoms with E-state index in [9.17, 15) is 4.39 Å². The standard InChI is InChI=1S/C12H18BFN2O2/c1-11(2)7-17-13(18-12(11,3)4)8-6-16-10(15)5-9(8)14/h5-6H,7H2,1-4H3,(H2,15,16). The number of halogens is 1. The molecule has 98 valence electrons. The number of nitrogens with two attached hydrogens (primary N) is 1. The molecule has 2 N–H and O–H groups in total. The Morgan fingerprint density at radius 3 is 2.61 bits per heavy atom. The van der Waals surface area contributed by atoms with E-state index in [2.05, 4.69) is 18.8 Å². The molecule has 1 aliphatic heterocycles. The van der Waals surface area contributed by atoms with Gasteiger partial charge in [0.15, 0.2) is 0 Å². The van der Waals surface area contributed by atoms with Crippen LogP contribution in [0.2, 0.25) is 0 Å². The minimum absolute atomic E-state index is 0.138. The average molecular weight is 252 g/mol. The quantitative estimate of drug-likeness (QED) is 0.766. The molecule has 18 heavy (non-hydrogen) atoms. The van der Waals surface area contributed by atoms with E-state index in [1.807, 2.05) is 13.8 Å². The lowest BCUT2D eigenvalue weighted by Gasteiger charge is -2.47. The fourth-order valence-electron chi connectivity index (χ4n) is 1.70. The summed E-state index contributed by atoms with van der Waals surface area (Å²) in [7, 11) is -0.735. The van der Waals surface area contributed by atoms with Crippen LogP contribution in [0.25, 0.3) is 0 Å². The minimum Gasteiger partial charge on any atom is -0.407 e. The summed E-state index contributed by atoms with van der Waals surface area (Å²) in [6, 6.07) is 1.18. The summed E-state index contributed by atoms with van der Waals surface area (Å²) < 4.78 is 25.2. The van der Waals surface area contributed by atoms with Crippen LogP contribution in [0.15, 0.2) is 12.3 Å². The maximum atomic E-state index is 13.8. The Balaban J connectivity index is 2.27. The number of aromatic nitrogens is 1. The topological polar surface area (TPSA) is 57.4 Å². The number of pyridine rings is 1. The maximum Gasteiger partial charge on any atom is 0.498 e. The SMILES string of the molecule is CC1(C)COB(c2cnc(N)cc2F)OC1(C)C. The summed E-state index contributed by atoms with van der Waals surface area (Å²) in [5.74, 6) is -0.311. The van der Waals surface area contributed by atoms with E-state index in [0.29, 0.717) is 6.61 Å². The van der Waals surface area contributed by atoms with Gasteiger partial charge in [0.25, 0.3) is 0 Å². The molecule has 1 aromatic rings. The van der Waals surface area contributed by atoms with Crippen LogP contribution in [-0.4, -0.2) is 24.3 Å². The van der Waals surface area contributed by atoms with Crippen molar-refractivity contribution in [1.29, 1.82) is 0 Å². The van der Waals surface area contributed by atoms with Crippen molar-refractivity contribution in [1.82, 2.24) is 4.98 Å². The van der Waals surface area contributed by atoms with Crippen molar-refractivity contribution in [2.45, 2.75) is 33.3 Å². The van der Waals surface area contributed by atoms with Gasteiger partial charge in [-0.25, -0.2) is 9.37 Å². The van der Waals surface area contributed by atoms with Crippen molar-refractivity contribution in [3.63, 3.8) is 0 Å². The largest absolute Gasteiger partial charge is 0.498 e. The Kier molecular flexibility index (Phi) is 3.11. The minimum atomic E-state index is -0.735.